The van der Waals surface area contributed by atoms with Crippen molar-refractivity contribution in [2.75, 3.05) is 12.3 Å². The highest BCUT2D eigenvalue weighted by atomic mass is 35.5. The fraction of sp³-hybridized carbons (Fsp3) is 0.591. The van der Waals surface area contributed by atoms with Crippen molar-refractivity contribution in [1.82, 2.24) is 20.1 Å². The lowest BCUT2D eigenvalue weighted by Gasteiger charge is -2.21. The molecule has 0 unspecified atom stereocenters. The highest BCUT2D eigenvalue weighted by molar-refractivity contribution is 7.99. The van der Waals surface area contributed by atoms with Crippen molar-refractivity contribution >= 4 is 29.3 Å². The Bertz CT molecular complexity index is 828. The molecule has 2 saturated carbocycles. The molecule has 5 nitrogen and oxygen atoms in total. The van der Waals surface area contributed by atoms with Gasteiger partial charge in [0.05, 0.1) is 10.8 Å². The number of hydrogen-bond donors (Lipinski definition) is 1. The number of carbonyl (C=O) groups is 1. The van der Waals surface area contributed by atoms with E-state index < -0.39 is 0 Å². The summed E-state index contributed by atoms with van der Waals surface area (Å²) in [6.07, 6.45) is 11.1. The van der Waals surface area contributed by atoms with Crippen LogP contribution < -0.4 is 5.32 Å². The molecule has 1 amide bonds. The maximum absolute atomic E-state index is 12.4. The van der Waals surface area contributed by atoms with Crippen LogP contribution in [0.15, 0.2) is 29.4 Å². The van der Waals surface area contributed by atoms with E-state index in [1.54, 1.807) is 0 Å². The van der Waals surface area contributed by atoms with Gasteiger partial charge in [0.25, 0.3) is 0 Å². The van der Waals surface area contributed by atoms with Gasteiger partial charge in [0.2, 0.25) is 5.91 Å². The SMILES string of the molecule is O=C(CSc1nnc(-c2ccccc2Cl)n1C1CCCC1)NCC1CCCCC1. The van der Waals surface area contributed by atoms with Gasteiger partial charge in [0.15, 0.2) is 11.0 Å². The summed E-state index contributed by atoms with van der Waals surface area (Å²) >= 11 is 7.92. The summed E-state index contributed by atoms with van der Waals surface area (Å²) in [4.78, 5) is 12.4. The molecule has 156 valence electrons. The number of halogens is 1. The van der Waals surface area contributed by atoms with Crippen molar-refractivity contribution in [1.29, 1.82) is 0 Å². The van der Waals surface area contributed by atoms with Gasteiger partial charge in [-0.1, -0.05) is 67.6 Å². The maximum atomic E-state index is 12.4. The van der Waals surface area contributed by atoms with E-state index in [0.29, 0.717) is 22.7 Å². The average Bonchev–Trinajstić information content (AvgIpc) is 3.41. The maximum Gasteiger partial charge on any atom is 0.230 e. The van der Waals surface area contributed by atoms with Crippen molar-refractivity contribution < 1.29 is 4.79 Å². The lowest BCUT2D eigenvalue weighted by molar-refractivity contribution is -0.118. The van der Waals surface area contributed by atoms with E-state index in [-0.39, 0.29) is 5.91 Å². The Hall–Kier alpha value is -1.53. The van der Waals surface area contributed by atoms with E-state index in [9.17, 15) is 4.79 Å². The van der Waals surface area contributed by atoms with Crippen molar-refractivity contribution in [3.05, 3.63) is 29.3 Å². The summed E-state index contributed by atoms with van der Waals surface area (Å²) in [5.41, 5.74) is 0.905. The topological polar surface area (TPSA) is 59.8 Å². The normalized spacial score (nSPS) is 18.2. The Balaban J connectivity index is 1.44. The van der Waals surface area contributed by atoms with Crippen LogP contribution >= 0.6 is 23.4 Å². The molecule has 1 N–H and O–H groups in total. The minimum atomic E-state index is 0.0841. The second kappa shape index (κ2) is 9.98. The molecule has 0 radical (unpaired) electrons. The summed E-state index contributed by atoms with van der Waals surface area (Å²) < 4.78 is 2.22. The predicted octanol–water partition coefficient (Wildman–Crippen LogP) is 5.50. The van der Waals surface area contributed by atoms with Gasteiger partial charge in [0.1, 0.15) is 0 Å². The zero-order valence-electron chi connectivity index (χ0n) is 16.8. The van der Waals surface area contributed by atoms with Crippen LogP contribution in [0.3, 0.4) is 0 Å². The zero-order chi connectivity index (χ0) is 20.1. The van der Waals surface area contributed by atoms with E-state index in [4.69, 9.17) is 11.6 Å². The Morgan fingerprint density at radius 2 is 1.79 bits per heavy atom. The first-order valence-corrected chi connectivity index (χ1v) is 12.2. The Labute approximate surface area is 182 Å². The van der Waals surface area contributed by atoms with Crippen molar-refractivity contribution in [3.8, 4) is 11.4 Å². The number of benzene rings is 1. The molecule has 0 bridgehead atoms. The minimum Gasteiger partial charge on any atom is -0.355 e. The molecule has 2 aliphatic carbocycles. The zero-order valence-corrected chi connectivity index (χ0v) is 18.4. The quantitative estimate of drug-likeness (QED) is 0.586. The highest BCUT2D eigenvalue weighted by Gasteiger charge is 2.26. The molecule has 2 aliphatic rings. The third-order valence-electron chi connectivity index (χ3n) is 6.11. The van der Waals surface area contributed by atoms with Crippen LogP contribution in [0, 0.1) is 5.92 Å². The number of aromatic nitrogens is 3. The first-order chi connectivity index (χ1) is 14.2. The minimum absolute atomic E-state index is 0.0841. The van der Waals surface area contributed by atoms with Gasteiger partial charge in [-0.3, -0.25) is 9.36 Å². The monoisotopic (exact) mass is 432 g/mol. The number of hydrogen-bond acceptors (Lipinski definition) is 4. The molecule has 4 rings (SSSR count). The van der Waals surface area contributed by atoms with Gasteiger partial charge in [0, 0.05) is 18.2 Å². The van der Waals surface area contributed by atoms with Crippen LogP contribution in [0.1, 0.15) is 63.8 Å². The summed E-state index contributed by atoms with van der Waals surface area (Å²) in [6.45, 7) is 0.805. The lowest BCUT2D eigenvalue weighted by Crippen LogP contribution is -2.31. The molecule has 29 heavy (non-hydrogen) atoms. The molecule has 0 saturated heterocycles. The third-order valence-corrected chi connectivity index (χ3v) is 7.39. The van der Waals surface area contributed by atoms with Gasteiger partial charge in [-0.25, -0.2) is 0 Å². The van der Waals surface area contributed by atoms with E-state index in [1.807, 2.05) is 24.3 Å². The molecule has 0 atom stereocenters. The molecule has 0 spiro atoms. The van der Waals surface area contributed by atoms with Gasteiger partial charge >= 0.3 is 0 Å². The fourth-order valence-electron chi connectivity index (χ4n) is 4.52. The molecular weight excluding hydrogens is 404 g/mol. The van der Waals surface area contributed by atoms with Gasteiger partial charge in [-0.2, -0.15) is 0 Å². The van der Waals surface area contributed by atoms with Crippen LogP contribution in [0.25, 0.3) is 11.4 Å². The molecule has 2 fully saturated rings. The molecule has 1 aromatic heterocycles. The van der Waals surface area contributed by atoms with Crippen LogP contribution in [-0.2, 0) is 4.79 Å². The highest BCUT2D eigenvalue weighted by Crippen LogP contribution is 2.38. The van der Waals surface area contributed by atoms with Crippen LogP contribution in [-0.4, -0.2) is 33.0 Å². The number of amides is 1. The summed E-state index contributed by atoms with van der Waals surface area (Å²) in [5, 5.41) is 13.5. The largest absolute Gasteiger partial charge is 0.355 e. The second-order valence-corrected chi connectivity index (χ2v) is 9.54. The Morgan fingerprint density at radius 1 is 1.07 bits per heavy atom. The van der Waals surface area contributed by atoms with Crippen molar-refractivity contribution in [2.24, 2.45) is 5.92 Å². The lowest BCUT2D eigenvalue weighted by atomic mass is 9.89. The summed E-state index contributed by atoms with van der Waals surface area (Å²) in [5.74, 6) is 1.92. The third kappa shape index (κ3) is 5.15. The summed E-state index contributed by atoms with van der Waals surface area (Å²) in [6, 6.07) is 8.15. The second-order valence-electron chi connectivity index (χ2n) is 8.19. The smallest absolute Gasteiger partial charge is 0.230 e. The van der Waals surface area contributed by atoms with Gasteiger partial charge in [-0.15, -0.1) is 10.2 Å². The Morgan fingerprint density at radius 3 is 2.55 bits per heavy atom. The first-order valence-electron chi connectivity index (χ1n) is 10.8. The first kappa shape index (κ1) is 20.7. The van der Waals surface area contributed by atoms with Crippen LogP contribution in [0.4, 0.5) is 0 Å². The van der Waals surface area contributed by atoms with Crippen molar-refractivity contribution in [3.63, 3.8) is 0 Å². The number of thioether (sulfide) groups is 1. The molecule has 0 aliphatic heterocycles. The molecule has 1 heterocycles. The number of carbonyl (C=O) groups excluding carboxylic acids is 1. The van der Waals surface area contributed by atoms with E-state index >= 15 is 0 Å². The van der Waals surface area contributed by atoms with Crippen LogP contribution in [0.2, 0.25) is 5.02 Å². The van der Waals surface area contributed by atoms with Crippen molar-refractivity contribution in [2.45, 2.75) is 69.0 Å². The van der Waals surface area contributed by atoms with E-state index in [1.165, 1.54) is 56.7 Å². The number of nitrogens with zero attached hydrogens (tertiary/aromatic N) is 3. The Kier molecular flexibility index (Phi) is 7.14. The van der Waals surface area contributed by atoms with Crippen LogP contribution in [0.5, 0.6) is 0 Å². The predicted molar refractivity (Wildman–Crippen MR) is 118 cm³/mol. The molecule has 2 aromatic rings. The standard InChI is InChI=1S/C22H29ClN4OS/c23-19-13-7-6-12-18(19)21-25-26-22(27(21)17-10-4-5-11-17)29-15-20(28)24-14-16-8-2-1-3-9-16/h6-7,12-13,16-17H,1-5,8-11,14-15H2,(H,24,28). The molecule has 7 heteroatoms. The van der Waals surface area contributed by atoms with E-state index in [0.717, 1.165) is 35.9 Å². The average molecular weight is 433 g/mol. The van der Waals surface area contributed by atoms with Gasteiger partial charge < -0.3 is 5.32 Å². The fourth-order valence-corrected chi connectivity index (χ4v) is 5.58. The number of nitrogens with one attached hydrogen (secondary N) is 1. The summed E-state index contributed by atoms with van der Waals surface area (Å²) in [7, 11) is 0. The molecular formula is C22H29ClN4OS. The van der Waals surface area contributed by atoms with E-state index in [2.05, 4.69) is 20.1 Å². The molecule has 1 aromatic carbocycles. The van der Waals surface area contributed by atoms with Gasteiger partial charge in [-0.05, 0) is 43.7 Å². The number of rotatable bonds is 7.